The molecule has 0 saturated heterocycles. The first kappa shape index (κ1) is 15.3. The monoisotopic (exact) mass is 270 g/mol. The highest BCUT2D eigenvalue weighted by Gasteiger charge is 2.29. The predicted octanol–water partition coefficient (Wildman–Crippen LogP) is 4.05. The van der Waals surface area contributed by atoms with Crippen molar-refractivity contribution in [1.82, 2.24) is 0 Å². The van der Waals surface area contributed by atoms with Crippen LogP contribution in [0.4, 0.5) is 0 Å². The molecule has 0 aromatic heterocycles. The quantitative estimate of drug-likeness (QED) is 0.894. The second-order valence-corrected chi connectivity index (χ2v) is 6.08. The summed E-state index contributed by atoms with van der Waals surface area (Å²) < 4.78 is 5.59. The highest BCUT2D eigenvalue weighted by atomic mass is 35.5. The van der Waals surface area contributed by atoms with E-state index >= 15 is 0 Å². The molecule has 0 radical (unpaired) electrons. The van der Waals surface area contributed by atoms with Crippen LogP contribution in [0.3, 0.4) is 0 Å². The summed E-state index contributed by atoms with van der Waals surface area (Å²) in [5.74, 6) is 1.18. The molecule has 0 spiro atoms. The molecule has 0 bridgehead atoms. The fraction of sp³-hybridized carbons (Fsp3) is 0.600. The van der Waals surface area contributed by atoms with Gasteiger partial charge < -0.3 is 9.84 Å². The summed E-state index contributed by atoms with van der Waals surface area (Å²) in [5, 5.41) is 10.3. The van der Waals surface area contributed by atoms with E-state index in [9.17, 15) is 5.11 Å². The van der Waals surface area contributed by atoms with E-state index in [0.717, 1.165) is 27.5 Å². The van der Waals surface area contributed by atoms with Crippen molar-refractivity contribution in [2.45, 2.75) is 46.0 Å². The van der Waals surface area contributed by atoms with E-state index in [2.05, 4.69) is 13.8 Å². The van der Waals surface area contributed by atoms with Crippen LogP contribution in [0.25, 0.3) is 0 Å². The lowest BCUT2D eigenvalue weighted by Gasteiger charge is -2.29. The molecule has 2 nitrogen and oxygen atoms in total. The highest BCUT2D eigenvalue weighted by Crippen LogP contribution is 2.42. The van der Waals surface area contributed by atoms with Crippen LogP contribution in [-0.4, -0.2) is 18.8 Å². The van der Waals surface area contributed by atoms with Crippen LogP contribution < -0.4 is 4.74 Å². The number of hydrogen-bond acceptors (Lipinski definition) is 2. The Kier molecular flexibility index (Phi) is 4.68. The van der Waals surface area contributed by atoms with Gasteiger partial charge in [-0.2, -0.15) is 0 Å². The number of aliphatic hydroxyl groups excluding tert-OH is 1. The smallest absolute Gasteiger partial charge is 0.126 e. The molecule has 3 heteroatoms. The van der Waals surface area contributed by atoms with Gasteiger partial charge in [-0.1, -0.05) is 39.3 Å². The van der Waals surface area contributed by atoms with Gasteiger partial charge in [0.25, 0.3) is 0 Å². The van der Waals surface area contributed by atoms with E-state index in [4.69, 9.17) is 16.3 Å². The number of benzene rings is 1. The lowest BCUT2D eigenvalue weighted by atomic mass is 9.80. The first-order chi connectivity index (χ1) is 8.26. The molecule has 0 unspecified atom stereocenters. The molecule has 18 heavy (non-hydrogen) atoms. The van der Waals surface area contributed by atoms with E-state index in [1.165, 1.54) is 0 Å². The third kappa shape index (κ3) is 2.65. The summed E-state index contributed by atoms with van der Waals surface area (Å²) in [6, 6.07) is 1.97. The molecule has 0 aliphatic carbocycles. The predicted molar refractivity (Wildman–Crippen MR) is 76.9 cm³/mol. The van der Waals surface area contributed by atoms with Crippen molar-refractivity contribution in [3.8, 4) is 5.75 Å². The molecule has 0 aliphatic rings. The fourth-order valence-electron chi connectivity index (χ4n) is 2.29. The van der Waals surface area contributed by atoms with Crippen LogP contribution in [0.1, 0.15) is 50.3 Å². The van der Waals surface area contributed by atoms with Gasteiger partial charge in [0, 0.05) is 16.0 Å². The third-order valence-electron chi connectivity index (χ3n) is 3.40. The van der Waals surface area contributed by atoms with Gasteiger partial charge in [-0.25, -0.2) is 0 Å². The molecule has 0 heterocycles. The van der Waals surface area contributed by atoms with Gasteiger partial charge in [-0.05, 0) is 30.0 Å². The standard InChI is InChI=1S/C15H23ClO2/c1-9(2)11-7-12(16)10(3)13(14(11)18-6)15(4,5)8-17/h7,9,17H,8H2,1-6H3. The van der Waals surface area contributed by atoms with Crippen molar-refractivity contribution >= 4 is 11.6 Å². The number of hydrogen-bond donors (Lipinski definition) is 1. The Balaban J connectivity index is 3.66. The first-order valence-corrected chi connectivity index (χ1v) is 6.62. The van der Waals surface area contributed by atoms with Gasteiger partial charge in [-0.15, -0.1) is 0 Å². The largest absolute Gasteiger partial charge is 0.496 e. The maximum absolute atomic E-state index is 9.61. The Morgan fingerprint density at radius 2 is 1.94 bits per heavy atom. The van der Waals surface area contributed by atoms with Gasteiger partial charge in [0.15, 0.2) is 0 Å². The van der Waals surface area contributed by atoms with Crippen LogP contribution in [0.2, 0.25) is 5.02 Å². The zero-order valence-corrected chi connectivity index (χ0v) is 12.9. The van der Waals surface area contributed by atoms with Crippen molar-refractivity contribution in [2.75, 3.05) is 13.7 Å². The summed E-state index contributed by atoms with van der Waals surface area (Å²) in [7, 11) is 1.67. The highest BCUT2D eigenvalue weighted by molar-refractivity contribution is 6.31. The second-order valence-electron chi connectivity index (χ2n) is 5.68. The first-order valence-electron chi connectivity index (χ1n) is 6.24. The zero-order chi connectivity index (χ0) is 14.1. The van der Waals surface area contributed by atoms with E-state index in [1.807, 2.05) is 26.8 Å². The van der Waals surface area contributed by atoms with Gasteiger partial charge in [-0.3, -0.25) is 0 Å². The summed E-state index contributed by atoms with van der Waals surface area (Å²) in [6.45, 7) is 10.2. The van der Waals surface area contributed by atoms with Gasteiger partial charge in [0.05, 0.1) is 13.7 Å². The number of ether oxygens (including phenoxy) is 1. The number of rotatable bonds is 4. The average Bonchev–Trinajstić information content (AvgIpc) is 2.31. The van der Waals surface area contributed by atoms with Crippen LogP contribution in [0.5, 0.6) is 5.75 Å². The zero-order valence-electron chi connectivity index (χ0n) is 12.1. The maximum atomic E-state index is 9.61. The van der Waals surface area contributed by atoms with Gasteiger partial charge >= 0.3 is 0 Å². The molecule has 0 fully saturated rings. The topological polar surface area (TPSA) is 29.5 Å². The van der Waals surface area contributed by atoms with Crippen LogP contribution in [0, 0.1) is 6.92 Å². The van der Waals surface area contributed by atoms with Crippen molar-refractivity contribution in [1.29, 1.82) is 0 Å². The van der Waals surface area contributed by atoms with Gasteiger partial charge in [0.1, 0.15) is 5.75 Å². The molecule has 0 aliphatic heterocycles. The van der Waals surface area contributed by atoms with E-state index in [1.54, 1.807) is 7.11 Å². The molecule has 1 N–H and O–H groups in total. The van der Waals surface area contributed by atoms with E-state index in [-0.39, 0.29) is 12.0 Å². The van der Waals surface area contributed by atoms with Gasteiger partial charge in [0.2, 0.25) is 0 Å². The Bertz CT molecular complexity index is 437. The fourth-order valence-corrected chi connectivity index (χ4v) is 2.50. The lowest BCUT2D eigenvalue weighted by molar-refractivity contribution is 0.214. The minimum atomic E-state index is -0.371. The molecule has 1 aromatic carbocycles. The molecule has 1 aromatic rings. The number of methoxy groups -OCH3 is 1. The molecular formula is C15H23ClO2. The minimum absolute atomic E-state index is 0.0576. The molecular weight excluding hydrogens is 248 g/mol. The van der Waals surface area contributed by atoms with Crippen molar-refractivity contribution in [2.24, 2.45) is 0 Å². The lowest BCUT2D eigenvalue weighted by Crippen LogP contribution is -2.25. The minimum Gasteiger partial charge on any atom is -0.496 e. The maximum Gasteiger partial charge on any atom is 0.126 e. The summed E-state index contributed by atoms with van der Waals surface area (Å²) in [5.41, 5.74) is 2.70. The third-order valence-corrected chi connectivity index (χ3v) is 3.80. The van der Waals surface area contributed by atoms with E-state index < -0.39 is 0 Å². The van der Waals surface area contributed by atoms with Crippen molar-refractivity contribution in [3.63, 3.8) is 0 Å². The molecule has 0 atom stereocenters. The van der Waals surface area contributed by atoms with Crippen LogP contribution in [0.15, 0.2) is 6.07 Å². The molecule has 0 amide bonds. The summed E-state index contributed by atoms with van der Waals surface area (Å²) in [4.78, 5) is 0. The average molecular weight is 271 g/mol. The van der Waals surface area contributed by atoms with Crippen LogP contribution in [-0.2, 0) is 5.41 Å². The summed E-state index contributed by atoms with van der Waals surface area (Å²) in [6.07, 6.45) is 0. The molecule has 1 rings (SSSR count). The van der Waals surface area contributed by atoms with E-state index in [0.29, 0.717) is 5.92 Å². The van der Waals surface area contributed by atoms with Crippen molar-refractivity contribution < 1.29 is 9.84 Å². The summed E-state index contributed by atoms with van der Waals surface area (Å²) >= 11 is 6.32. The molecule has 0 saturated carbocycles. The number of halogens is 1. The Labute approximate surface area is 115 Å². The SMILES string of the molecule is COc1c(C(C)C)cc(Cl)c(C)c1C(C)(C)CO. The second kappa shape index (κ2) is 5.50. The number of aliphatic hydroxyl groups is 1. The Hall–Kier alpha value is -0.730. The molecule has 102 valence electrons. The Morgan fingerprint density at radius 3 is 2.33 bits per heavy atom. The Morgan fingerprint density at radius 1 is 1.39 bits per heavy atom. The normalized spacial score (nSPS) is 12.1. The van der Waals surface area contributed by atoms with Crippen LogP contribution >= 0.6 is 11.6 Å². The van der Waals surface area contributed by atoms with Crippen molar-refractivity contribution in [3.05, 3.63) is 27.8 Å².